The van der Waals surface area contributed by atoms with Crippen LogP contribution in [0.3, 0.4) is 0 Å². The molecule has 25 heavy (non-hydrogen) atoms. The highest BCUT2D eigenvalue weighted by Crippen LogP contribution is 2.36. The third-order valence-corrected chi connectivity index (χ3v) is 7.46. The van der Waals surface area contributed by atoms with Crippen molar-refractivity contribution in [2.45, 2.75) is 51.9 Å². The second-order valence-electron chi connectivity index (χ2n) is 6.99. The van der Waals surface area contributed by atoms with Crippen molar-refractivity contribution in [1.82, 2.24) is 0 Å². The minimum absolute atomic E-state index is 0.0657. The van der Waals surface area contributed by atoms with Gasteiger partial charge in [0.2, 0.25) is 0 Å². The molecular weight excluding hydrogens is 356 g/mol. The van der Waals surface area contributed by atoms with Crippen LogP contribution in [0.2, 0.25) is 0 Å². The van der Waals surface area contributed by atoms with Gasteiger partial charge in [-0.3, -0.25) is 9.59 Å². The molecule has 2 aliphatic rings. The summed E-state index contributed by atoms with van der Waals surface area (Å²) in [5, 5.41) is 0. The van der Waals surface area contributed by atoms with E-state index < -0.39 is 0 Å². The summed E-state index contributed by atoms with van der Waals surface area (Å²) in [6, 6.07) is 0. The lowest BCUT2D eigenvalue weighted by Crippen LogP contribution is -2.36. The molecule has 0 spiro atoms. The lowest BCUT2D eigenvalue weighted by atomic mass is 9.75. The number of thioether (sulfide) groups is 2. The fourth-order valence-corrected chi connectivity index (χ4v) is 5.70. The molecule has 4 nitrogen and oxygen atoms in total. The summed E-state index contributed by atoms with van der Waals surface area (Å²) in [5.74, 6) is 6.15. The molecule has 2 atom stereocenters. The summed E-state index contributed by atoms with van der Waals surface area (Å²) in [5.41, 5.74) is 0. The lowest BCUT2D eigenvalue weighted by molar-refractivity contribution is -0.154. The third-order valence-electron chi connectivity index (χ3n) is 5.09. The highest BCUT2D eigenvalue weighted by Gasteiger charge is 2.35. The quantitative estimate of drug-likeness (QED) is 0.391. The molecule has 0 aromatic heterocycles. The summed E-state index contributed by atoms with van der Waals surface area (Å²) < 4.78 is 10.6. The highest BCUT2D eigenvalue weighted by atomic mass is 32.2. The first-order chi connectivity index (χ1) is 12.2. The molecule has 0 aromatic carbocycles. The van der Waals surface area contributed by atoms with E-state index in [1.165, 1.54) is 30.1 Å². The van der Waals surface area contributed by atoms with Crippen molar-refractivity contribution >= 4 is 35.5 Å². The van der Waals surface area contributed by atoms with Crippen LogP contribution in [0.15, 0.2) is 0 Å². The van der Waals surface area contributed by atoms with Crippen LogP contribution < -0.4 is 0 Å². The number of cyclic esters (lactones) is 2. The molecule has 0 N–H and O–H groups in total. The minimum atomic E-state index is -0.0657. The zero-order valence-corrected chi connectivity index (χ0v) is 17.0. The van der Waals surface area contributed by atoms with Crippen LogP contribution in [-0.4, -0.2) is 48.2 Å². The molecular formula is C19H32O4S2. The maximum absolute atomic E-state index is 11.4. The van der Waals surface area contributed by atoms with Crippen molar-refractivity contribution in [2.24, 2.45) is 17.8 Å². The van der Waals surface area contributed by atoms with E-state index in [2.05, 4.69) is 18.7 Å². The van der Waals surface area contributed by atoms with Crippen LogP contribution in [0, 0.1) is 17.8 Å². The van der Waals surface area contributed by atoms with E-state index in [-0.39, 0.29) is 11.9 Å². The number of rotatable bonds is 11. The summed E-state index contributed by atoms with van der Waals surface area (Å²) in [6.07, 6.45) is 6.60. The maximum atomic E-state index is 11.4. The van der Waals surface area contributed by atoms with Gasteiger partial charge in [-0.1, -0.05) is 6.92 Å². The van der Waals surface area contributed by atoms with Crippen molar-refractivity contribution in [3.05, 3.63) is 0 Å². The molecule has 2 saturated heterocycles. The standard InChI is InChI=1S/C19H32O4S2/c1-2-9-24-10-3-11-25-12-8-17(15-4-6-18(20)22-13-15)16-5-7-19(21)23-14-16/h15-17H,2-14H2,1H3. The zero-order valence-electron chi connectivity index (χ0n) is 15.4. The van der Waals surface area contributed by atoms with E-state index in [9.17, 15) is 9.59 Å². The average molecular weight is 389 g/mol. The second kappa shape index (κ2) is 12.1. The second-order valence-corrected chi connectivity index (χ2v) is 9.44. The van der Waals surface area contributed by atoms with Gasteiger partial charge in [0.25, 0.3) is 0 Å². The summed E-state index contributed by atoms with van der Waals surface area (Å²) in [7, 11) is 0. The molecule has 0 saturated carbocycles. The molecule has 2 rings (SSSR count). The predicted molar refractivity (Wildman–Crippen MR) is 105 cm³/mol. The average Bonchev–Trinajstić information content (AvgIpc) is 2.63. The Bertz CT molecular complexity index is 368. The fraction of sp³-hybridized carbons (Fsp3) is 0.895. The van der Waals surface area contributed by atoms with Gasteiger partial charge in [-0.15, -0.1) is 0 Å². The van der Waals surface area contributed by atoms with Crippen molar-refractivity contribution in [1.29, 1.82) is 0 Å². The first-order valence-corrected chi connectivity index (χ1v) is 12.0. The van der Waals surface area contributed by atoms with Crippen molar-refractivity contribution in [2.75, 3.05) is 36.2 Å². The first kappa shape index (κ1) is 20.9. The van der Waals surface area contributed by atoms with Gasteiger partial charge in [0.15, 0.2) is 0 Å². The molecule has 6 heteroatoms. The summed E-state index contributed by atoms with van der Waals surface area (Å²) in [6.45, 7) is 3.32. The van der Waals surface area contributed by atoms with Gasteiger partial charge in [-0.05, 0) is 72.9 Å². The fourth-order valence-electron chi connectivity index (χ4n) is 3.68. The Balaban J connectivity index is 1.72. The van der Waals surface area contributed by atoms with E-state index in [4.69, 9.17) is 9.47 Å². The molecule has 2 fully saturated rings. The Hall–Kier alpha value is -0.360. The highest BCUT2D eigenvalue weighted by molar-refractivity contribution is 8.00. The molecule has 2 heterocycles. The number of hydrogen-bond acceptors (Lipinski definition) is 6. The van der Waals surface area contributed by atoms with Crippen LogP contribution >= 0.6 is 23.5 Å². The molecule has 0 aromatic rings. The van der Waals surface area contributed by atoms with Gasteiger partial charge in [-0.2, -0.15) is 23.5 Å². The monoisotopic (exact) mass is 388 g/mol. The van der Waals surface area contributed by atoms with E-state index in [0.717, 1.165) is 25.0 Å². The molecule has 0 radical (unpaired) electrons. The largest absolute Gasteiger partial charge is 0.465 e. The molecule has 0 amide bonds. The van der Waals surface area contributed by atoms with Crippen LogP contribution in [0.1, 0.15) is 51.9 Å². The Morgan fingerprint density at radius 3 is 1.96 bits per heavy atom. The smallest absolute Gasteiger partial charge is 0.305 e. The van der Waals surface area contributed by atoms with Crippen LogP contribution in [0.4, 0.5) is 0 Å². The van der Waals surface area contributed by atoms with Gasteiger partial charge in [-0.25, -0.2) is 0 Å². The Morgan fingerprint density at radius 2 is 1.48 bits per heavy atom. The van der Waals surface area contributed by atoms with Crippen LogP contribution in [0.25, 0.3) is 0 Å². The molecule has 144 valence electrons. The van der Waals surface area contributed by atoms with Gasteiger partial charge in [0.05, 0.1) is 13.2 Å². The van der Waals surface area contributed by atoms with E-state index >= 15 is 0 Å². The summed E-state index contributed by atoms with van der Waals surface area (Å²) >= 11 is 4.09. The van der Waals surface area contributed by atoms with Gasteiger partial charge >= 0.3 is 11.9 Å². The Morgan fingerprint density at radius 1 is 0.920 bits per heavy atom. The number of esters is 2. The summed E-state index contributed by atoms with van der Waals surface area (Å²) in [4.78, 5) is 22.7. The minimum Gasteiger partial charge on any atom is -0.465 e. The van der Waals surface area contributed by atoms with Crippen molar-refractivity contribution in [3.8, 4) is 0 Å². The van der Waals surface area contributed by atoms with Crippen LogP contribution in [0.5, 0.6) is 0 Å². The van der Waals surface area contributed by atoms with Gasteiger partial charge in [0, 0.05) is 12.8 Å². The van der Waals surface area contributed by atoms with E-state index in [1.54, 1.807) is 0 Å². The Kier molecular flexibility index (Phi) is 10.1. The number of carbonyl (C=O) groups excluding carboxylic acids is 2. The molecule has 0 aliphatic carbocycles. The molecule has 2 aliphatic heterocycles. The third kappa shape index (κ3) is 7.81. The van der Waals surface area contributed by atoms with Crippen molar-refractivity contribution in [3.63, 3.8) is 0 Å². The Labute approximate surface area is 160 Å². The van der Waals surface area contributed by atoms with Crippen molar-refractivity contribution < 1.29 is 19.1 Å². The van der Waals surface area contributed by atoms with Gasteiger partial charge in [0.1, 0.15) is 0 Å². The number of ether oxygens (including phenoxy) is 2. The lowest BCUT2D eigenvalue weighted by Gasteiger charge is -2.36. The SMILES string of the molecule is CCCSCCCSCCC(C1CCC(=O)OC1)C1CCC(=O)OC1. The molecule has 0 bridgehead atoms. The first-order valence-electron chi connectivity index (χ1n) is 9.67. The normalized spacial score (nSPS) is 25.3. The number of hydrogen-bond donors (Lipinski definition) is 0. The van der Waals surface area contributed by atoms with Crippen LogP contribution in [-0.2, 0) is 19.1 Å². The zero-order chi connectivity index (χ0) is 17.9. The van der Waals surface area contributed by atoms with Gasteiger partial charge < -0.3 is 9.47 Å². The van der Waals surface area contributed by atoms with E-state index in [1.807, 2.05) is 11.8 Å². The predicted octanol–water partition coefficient (Wildman–Crippen LogP) is 4.17. The number of carbonyl (C=O) groups is 2. The maximum Gasteiger partial charge on any atom is 0.305 e. The topological polar surface area (TPSA) is 52.6 Å². The van der Waals surface area contributed by atoms with E-state index in [0.29, 0.717) is 43.8 Å². The molecule has 2 unspecified atom stereocenters.